The number of hydrogen-bond donors (Lipinski definition) is 1. The summed E-state index contributed by atoms with van der Waals surface area (Å²) in [7, 11) is 0. The number of rotatable bonds is 3. The first kappa shape index (κ1) is 19.4. The van der Waals surface area contributed by atoms with E-state index >= 15 is 0 Å². The molecular formula is C17H18F3IO6. The van der Waals surface area contributed by atoms with Crippen LogP contribution < -0.4 is 0 Å². The van der Waals surface area contributed by atoms with Crippen molar-refractivity contribution in [2.45, 2.75) is 45.7 Å². The molecule has 0 aliphatic carbocycles. The summed E-state index contributed by atoms with van der Waals surface area (Å²) >= 11 is -2.24. The van der Waals surface area contributed by atoms with Crippen molar-refractivity contribution in [2.75, 3.05) is 13.2 Å². The van der Waals surface area contributed by atoms with Crippen LogP contribution in [0.25, 0.3) is 0 Å². The van der Waals surface area contributed by atoms with Gasteiger partial charge in [0.25, 0.3) is 0 Å². The van der Waals surface area contributed by atoms with E-state index in [1.54, 1.807) is 6.92 Å². The second-order valence-electron chi connectivity index (χ2n) is 6.36. The van der Waals surface area contributed by atoms with E-state index in [1.807, 2.05) is 0 Å². The zero-order valence-corrected chi connectivity index (χ0v) is 16.3. The van der Waals surface area contributed by atoms with Gasteiger partial charge in [0.15, 0.2) is 0 Å². The molecule has 3 aliphatic rings. The molecule has 6 atom stereocenters. The van der Waals surface area contributed by atoms with Gasteiger partial charge in [0.05, 0.1) is 0 Å². The molecule has 0 amide bonds. The molecule has 0 radical (unpaired) electrons. The Bertz CT molecular complexity index is 712. The van der Waals surface area contributed by atoms with Gasteiger partial charge in [0.1, 0.15) is 0 Å². The minimum atomic E-state index is -4.42. The van der Waals surface area contributed by atoms with Gasteiger partial charge in [-0.05, 0) is 0 Å². The molecule has 0 bridgehead atoms. The van der Waals surface area contributed by atoms with Gasteiger partial charge >= 0.3 is 160 Å². The van der Waals surface area contributed by atoms with Crippen LogP contribution in [0.2, 0.25) is 0 Å². The molecule has 1 aromatic rings. The molecule has 1 unspecified atom stereocenters. The Hall–Kier alpha value is -0.950. The number of ether oxygens (including phenoxy) is 4. The average Bonchev–Trinajstić information content (AvgIpc) is 3.36. The Morgan fingerprint density at radius 1 is 1.30 bits per heavy atom. The summed E-state index contributed by atoms with van der Waals surface area (Å²) in [4.78, 5) is 12.0. The van der Waals surface area contributed by atoms with Crippen LogP contribution in [0.5, 0.6) is 0 Å². The number of hydrogen-bond acceptors (Lipinski definition) is 6. The number of benzene rings is 1. The molecule has 10 heteroatoms. The van der Waals surface area contributed by atoms with Gasteiger partial charge in [-0.15, -0.1) is 0 Å². The van der Waals surface area contributed by atoms with E-state index in [2.05, 4.69) is 0 Å². The van der Waals surface area contributed by atoms with Crippen molar-refractivity contribution in [3.63, 3.8) is 0 Å². The first-order valence-corrected chi connectivity index (χ1v) is 12.0. The van der Waals surface area contributed by atoms with Crippen molar-refractivity contribution in [2.24, 2.45) is 0 Å². The Morgan fingerprint density at radius 3 is 2.63 bits per heavy atom. The number of carbonyl (C=O) groups is 1. The Balaban J connectivity index is 1.45. The third kappa shape index (κ3) is 3.57. The van der Waals surface area contributed by atoms with Gasteiger partial charge in [0, 0.05) is 0 Å². The summed E-state index contributed by atoms with van der Waals surface area (Å²) in [6.45, 7) is 2.14. The van der Waals surface area contributed by atoms with Gasteiger partial charge in [-0.2, -0.15) is 0 Å². The molecule has 1 N–H and O–H groups in total. The van der Waals surface area contributed by atoms with Gasteiger partial charge < -0.3 is 0 Å². The Kier molecular flexibility index (Phi) is 5.12. The molecule has 3 heterocycles. The van der Waals surface area contributed by atoms with Gasteiger partial charge in [-0.3, -0.25) is 0 Å². The average molecular weight is 502 g/mol. The minimum absolute atomic E-state index is 0.128. The maximum absolute atomic E-state index is 12.7. The first-order chi connectivity index (χ1) is 12.8. The van der Waals surface area contributed by atoms with Crippen LogP contribution in [-0.4, -0.2) is 48.6 Å². The van der Waals surface area contributed by atoms with E-state index in [0.29, 0.717) is 5.56 Å². The molecular weight excluding hydrogens is 484 g/mol. The fraction of sp³-hybridized carbons (Fsp3) is 0.588. The van der Waals surface area contributed by atoms with Crippen molar-refractivity contribution < 1.29 is 42.0 Å². The summed E-state index contributed by atoms with van der Waals surface area (Å²) in [6, 6.07) is 4.51. The predicted octanol–water partition coefficient (Wildman–Crippen LogP) is 3.25. The monoisotopic (exact) mass is 502 g/mol. The molecule has 0 saturated carbocycles. The zero-order chi connectivity index (χ0) is 19.3. The van der Waals surface area contributed by atoms with Crippen LogP contribution in [0.15, 0.2) is 24.3 Å². The van der Waals surface area contributed by atoms with Gasteiger partial charge in [-0.25, -0.2) is 0 Å². The normalized spacial score (nSPS) is 36.6. The summed E-state index contributed by atoms with van der Waals surface area (Å²) in [5.41, 5.74) is -0.335. The van der Waals surface area contributed by atoms with Crippen LogP contribution in [0.3, 0.4) is 0 Å². The molecule has 27 heavy (non-hydrogen) atoms. The molecule has 3 aliphatic heterocycles. The standard InChI is InChI=1S/C17H18F3IO6/c1-2-24-16(23)21-11-12(22)13-10(26-14(11)21)7-25-15(27-13)8-3-5-9(6-4-8)17(18,19)20/h3-6,10-15,22H,2,7H2,1H3/t10-,11-,12-,13-,14+,15?/m1/s1. The topological polar surface area (TPSA) is 74.2 Å². The van der Waals surface area contributed by atoms with Crippen LogP contribution in [0.4, 0.5) is 18.0 Å². The number of aliphatic hydroxyl groups is 1. The molecule has 150 valence electrons. The second-order valence-corrected chi connectivity index (χ2v) is 11.9. The van der Waals surface area contributed by atoms with Crippen molar-refractivity contribution in [1.82, 2.24) is 0 Å². The van der Waals surface area contributed by atoms with E-state index in [9.17, 15) is 23.1 Å². The number of alkyl halides is 5. The predicted molar refractivity (Wildman–Crippen MR) is 94.5 cm³/mol. The van der Waals surface area contributed by atoms with E-state index in [4.69, 9.17) is 18.9 Å². The van der Waals surface area contributed by atoms with E-state index < -0.39 is 56.2 Å². The molecule has 1 aromatic carbocycles. The van der Waals surface area contributed by atoms with Crippen molar-refractivity contribution in [3.05, 3.63) is 35.4 Å². The van der Waals surface area contributed by atoms with E-state index in [1.165, 1.54) is 12.1 Å². The summed E-state index contributed by atoms with van der Waals surface area (Å²) in [5.74, 6) is 0. The Morgan fingerprint density at radius 2 is 2.00 bits per heavy atom. The summed E-state index contributed by atoms with van der Waals surface area (Å²) in [5, 5.41) is 10.6. The SMILES string of the molecule is CCOC(=O)I1[C@@H]2[C@@H](O)[C@@H]3OC(c4ccc(C(F)(F)F)cc4)OC[C@H]3O[C@@H]21. The molecule has 4 rings (SSSR count). The number of fused-ring (bicyclic) bond motifs is 2. The van der Waals surface area contributed by atoms with Gasteiger partial charge in [0.2, 0.25) is 0 Å². The summed E-state index contributed by atoms with van der Waals surface area (Å²) < 4.78 is 59.6. The van der Waals surface area contributed by atoms with Crippen LogP contribution in [0, 0.1) is 0 Å². The van der Waals surface area contributed by atoms with Crippen molar-refractivity contribution >= 4 is 23.8 Å². The van der Waals surface area contributed by atoms with Crippen molar-refractivity contribution in [1.29, 1.82) is 0 Å². The van der Waals surface area contributed by atoms with E-state index in [-0.39, 0.29) is 25.2 Å². The van der Waals surface area contributed by atoms with E-state index in [0.717, 1.165) is 12.1 Å². The molecule has 6 nitrogen and oxygen atoms in total. The molecule has 3 fully saturated rings. The fourth-order valence-corrected chi connectivity index (χ4v) is 9.53. The van der Waals surface area contributed by atoms with Crippen molar-refractivity contribution in [3.8, 4) is 0 Å². The summed E-state index contributed by atoms with van der Waals surface area (Å²) in [6.07, 6.45) is -7.39. The molecule has 0 aromatic heterocycles. The zero-order valence-electron chi connectivity index (χ0n) is 14.2. The third-order valence-corrected chi connectivity index (χ3v) is 10.5. The second kappa shape index (κ2) is 7.14. The number of carbonyl (C=O) groups excluding carboxylic acids is 1. The molecule has 3 saturated heterocycles. The van der Waals surface area contributed by atoms with Gasteiger partial charge in [-0.1, -0.05) is 0 Å². The Labute approximate surface area is 160 Å². The maximum atomic E-state index is 12.7. The third-order valence-electron chi connectivity index (χ3n) is 4.66. The first-order valence-electron chi connectivity index (χ1n) is 8.42. The number of halogens is 4. The van der Waals surface area contributed by atoms with Crippen LogP contribution in [-0.2, 0) is 25.1 Å². The molecule has 0 spiro atoms. The van der Waals surface area contributed by atoms with Crippen LogP contribution in [0.1, 0.15) is 24.3 Å². The van der Waals surface area contributed by atoms with Crippen LogP contribution >= 0.6 is 19.8 Å². The quantitative estimate of drug-likeness (QED) is 0.389. The number of aliphatic hydroxyl groups excluding tert-OH is 1. The fourth-order valence-electron chi connectivity index (χ4n) is 3.30.